The van der Waals surface area contributed by atoms with Gasteiger partial charge in [0, 0.05) is 43.8 Å². The van der Waals surface area contributed by atoms with Gasteiger partial charge in [-0.3, -0.25) is 9.78 Å². The van der Waals surface area contributed by atoms with Crippen molar-refractivity contribution in [1.29, 1.82) is 0 Å². The van der Waals surface area contributed by atoms with Crippen LogP contribution in [-0.2, 0) is 16.6 Å². The SMILES string of the molecule is Cc1cc(C)c(C)c(S(=O)(=O)N2CCN(C(=O)c3cc(C)n(Cc4ccccn4)c3C)CC2)c1C. The van der Waals surface area contributed by atoms with Crippen molar-refractivity contribution in [2.75, 3.05) is 26.2 Å². The van der Waals surface area contributed by atoms with Crippen LogP contribution in [0, 0.1) is 41.5 Å². The highest BCUT2D eigenvalue weighted by Crippen LogP contribution is 2.29. The molecule has 1 aliphatic heterocycles. The lowest BCUT2D eigenvalue weighted by molar-refractivity contribution is 0.0697. The van der Waals surface area contributed by atoms with Gasteiger partial charge in [0.25, 0.3) is 5.91 Å². The number of hydrogen-bond acceptors (Lipinski definition) is 4. The number of carbonyl (C=O) groups is 1. The van der Waals surface area contributed by atoms with E-state index in [1.54, 1.807) is 11.1 Å². The number of amides is 1. The molecular weight excluding hydrogens is 460 g/mol. The molecule has 0 spiro atoms. The highest BCUT2D eigenvalue weighted by atomic mass is 32.2. The Morgan fingerprint density at radius 1 is 0.914 bits per heavy atom. The molecule has 35 heavy (non-hydrogen) atoms. The van der Waals surface area contributed by atoms with Crippen molar-refractivity contribution in [3.63, 3.8) is 0 Å². The smallest absolute Gasteiger partial charge is 0.255 e. The molecule has 3 heterocycles. The minimum Gasteiger partial charge on any atom is -0.342 e. The number of rotatable bonds is 5. The fourth-order valence-corrected chi connectivity index (χ4v) is 6.91. The van der Waals surface area contributed by atoms with E-state index in [1.807, 2.05) is 71.9 Å². The molecule has 1 fully saturated rings. The second-order valence-corrected chi connectivity index (χ2v) is 11.4. The molecule has 186 valence electrons. The molecule has 0 unspecified atom stereocenters. The third-order valence-corrected chi connectivity index (χ3v) is 9.44. The van der Waals surface area contributed by atoms with Gasteiger partial charge in [-0.25, -0.2) is 8.42 Å². The summed E-state index contributed by atoms with van der Waals surface area (Å²) in [6.45, 7) is 13.5. The average Bonchev–Trinajstić information content (AvgIpc) is 3.11. The fourth-order valence-electron chi connectivity index (χ4n) is 4.91. The number of hydrogen-bond donors (Lipinski definition) is 0. The topological polar surface area (TPSA) is 75.5 Å². The lowest BCUT2D eigenvalue weighted by atomic mass is 10.0. The molecule has 8 heteroatoms. The molecule has 0 aliphatic carbocycles. The standard InChI is InChI=1S/C27H34N4O3S/c1-18-15-19(2)22(5)26(21(18)4)35(33,34)30-13-11-29(12-14-30)27(32)25-16-20(3)31(23(25)6)17-24-9-7-8-10-28-24/h7-10,15-16H,11-14,17H2,1-6H3. The molecule has 4 rings (SSSR count). The normalized spacial score (nSPS) is 15.0. The Morgan fingerprint density at radius 2 is 1.54 bits per heavy atom. The van der Waals surface area contributed by atoms with Gasteiger partial charge in [-0.15, -0.1) is 0 Å². The second kappa shape index (κ2) is 9.59. The molecule has 1 amide bonds. The van der Waals surface area contributed by atoms with E-state index in [0.717, 1.165) is 39.3 Å². The molecule has 1 aromatic carbocycles. The van der Waals surface area contributed by atoms with E-state index in [2.05, 4.69) is 9.55 Å². The Labute approximate surface area is 208 Å². The van der Waals surface area contributed by atoms with Gasteiger partial charge in [-0.05, 0) is 82.0 Å². The zero-order chi connectivity index (χ0) is 25.5. The van der Waals surface area contributed by atoms with Crippen LogP contribution >= 0.6 is 0 Å². The number of nitrogens with zero attached hydrogens (tertiary/aromatic N) is 4. The molecule has 0 atom stereocenters. The molecular formula is C27H34N4O3S. The molecule has 7 nitrogen and oxygen atoms in total. The largest absolute Gasteiger partial charge is 0.342 e. The van der Waals surface area contributed by atoms with Crippen molar-refractivity contribution < 1.29 is 13.2 Å². The summed E-state index contributed by atoms with van der Waals surface area (Å²) in [4.78, 5) is 20.0. The number of benzene rings is 1. The molecule has 0 N–H and O–H groups in total. The average molecular weight is 495 g/mol. The van der Waals surface area contributed by atoms with Crippen molar-refractivity contribution >= 4 is 15.9 Å². The Morgan fingerprint density at radius 3 is 2.11 bits per heavy atom. The maximum Gasteiger partial charge on any atom is 0.255 e. The van der Waals surface area contributed by atoms with Crippen molar-refractivity contribution in [3.8, 4) is 0 Å². The van der Waals surface area contributed by atoms with Crippen LogP contribution in [0.3, 0.4) is 0 Å². The van der Waals surface area contributed by atoms with Crippen LogP contribution in [0.1, 0.15) is 49.7 Å². The first kappa shape index (κ1) is 25.1. The van der Waals surface area contributed by atoms with E-state index in [1.165, 1.54) is 4.31 Å². The molecule has 0 saturated carbocycles. The van der Waals surface area contributed by atoms with E-state index in [9.17, 15) is 13.2 Å². The number of aromatic nitrogens is 2. The van der Waals surface area contributed by atoms with Gasteiger partial charge in [0.15, 0.2) is 0 Å². The molecule has 1 saturated heterocycles. The van der Waals surface area contributed by atoms with Crippen LogP contribution in [0.5, 0.6) is 0 Å². The highest BCUT2D eigenvalue weighted by molar-refractivity contribution is 7.89. The van der Waals surface area contributed by atoms with Crippen molar-refractivity contribution in [2.45, 2.75) is 53.0 Å². The van der Waals surface area contributed by atoms with Gasteiger partial charge in [0.2, 0.25) is 10.0 Å². The second-order valence-electron chi connectivity index (χ2n) is 9.48. The summed E-state index contributed by atoms with van der Waals surface area (Å²) in [5.41, 5.74) is 7.04. The lowest BCUT2D eigenvalue weighted by Gasteiger charge is -2.35. The minimum atomic E-state index is -3.64. The first-order valence-corrected chi connectivity index (χ1v) is 13.4. The predicted molar refractivity (Wildman–Crippen MR) is 137 cm³/mol. The van der Waals surface area contributed by atoms with E-state index in [-0.39, 0.29) is 19.0 Å². The highest BCUT2D eigenvalue weighted by Gasteiger charge is 2.33. The zero-order valence-corrected chi connectivity index (χ0v) is 22.2. The Balaban J connectivity index is 1.51. The van der Waals surface area contributed by atoms with Crippen molar-refractivity contribution in [1.82, 2.24) is 18.8 Å². The van der Waals surface area contributed by atoms with E-state index < -0.39 is 10.0 Å². The predicted octanol–water partition coefficient (Wildman–Crippen LogP) is 3.93. The summed E-state index contributed by atoms with van der Waals surface area (Å²) in [6, 6.07) is 9.77. The van der Waals surface area contributed by atoms with E-state index >= 15 is 0 Å². The van der Waals surface area contributed by atoms with Crippen LogP contribution < -0.4 is 0 Å². The van der Waals surface area contributed by atoms with Crippen LogP contribution in [0.25, 0.3) is 0 Å². The maximum atomic E-state index is 13.6. The summed E-state index contributed by atoms with van der Waals surface area (Å²) in [5.74, 6) is -0.0545. The van der Waals surface area contributed by atoms with Crippen molar-refractivity contribution in [3.05, 3.63) is 81.4 Å². The number of aryl methyl sites for hydroxylation is 3. The minimum absolute atomic E-state index is 0.0545. The maximum absolute atomic E-state index is 13.6. The summed E-state index contributed by atoms with van der Waals surface area (Å²) in [6.07, 6.45) is 1.77. The van der Waals surface area contributed by atoms with Gasteiger partial charge < -0.3 is 9.47 Å². The first-order valence-electron chi connectivity index (χ1n) is 12.0. The molecule has 2 aromatic heterocycles. The summed E-state index contributed by atoms with van der Waals surface area (Å²) in [7, 11) is -3.64. The number of pyridine rings is 1. The monoisotopic (exact) mass is 494 g/mol. The van der Waals surface area contributed by atoms with Gasteiger partial charge >= 0.3 is 0 Å². The third-order valence-electron chi connectivity index (χ3n) is 7.27. The fraction of sp³-hybridized carbons (Fsp3) is 0.407. The number of piperazine rings is 1. The number of sulfonamides is 1. The quantitative estimate of drug-likeness (QED) is 0.539. The van der Waals surface area contributed by atoms with Crippen LogP contribution in [0.2, 0.25) is 0 Å². The summed E-state index contributed by atoms with van der Waals surface area (Å²) >= 11 is 0. The first-order chi connectivity index (χ1) is 16.5. The van der Waals surface area contributed by atoms with Gasteiger partial charge in [0.05, 0.1) is 22.7 Å². The molecule has 1 aliphatic rings. The Hall–Kier alpha value is -2.97. The van der Waals surface area contributed by atoms with Crippen LogP contribution in [0.4, 0.5) is 0 Å². The molecule has 3 aromatic rings. The third kappa shape index (κ3) is 4.65. The van der Waals surface area contributed by atoms with E-state index in [4.69, 9.17) is 0 Å². The van der Waals surface area contributed by atoms with E-state index in [0.29, 0.717) is 30.1 Å². The summed E-state index contributed by atoms with van der Waals surface area (Å²) < 4.78 is 30.8. The summed E-state index contributed by atoms with van der Waals surface area (Å²) in [5, 5.41) is 0. The van der Waals surface area contributed by atoms with Gasteiger partial charge in [0.1, 0.15) is 0 Å². The molecule has 0 radical (unpaired) electrons. The van der Waals surface area contributed by atoms with Crippen LogP contribution in [-0.4, -0.2) is 59.3 Å². The van der Waals surface area contributed by atoms with Gasteiger partial charge in [-0.1, -0.05) is 12.1 Å². The zero-order valence-electron chi connectivity index (χ0n) is 21.4. The van der Waals surface area contributed by atoms with Crippen molar-refractivity contribution in [2.24, 2.45) is 0 Å². The molecule has 0 bridgehead atoms. The number of carbonyl (C=O) groups excluding carboxylic acids is 1. The Bertz CT molecular complexity index is 1340. The Kier molecular flexibility index (Phi) is 6.88. The van der Waals surface area contributed by atoms with Crippen LogP contribution in [0.15, 0.2) is 41.4 Å². The lowest BCUT2D eigenvalue weighted by Crippen LogP contribution is -2.50. The van der Waals surface area contributed by atoms with Gasteiger partial charge in [-0.2, -0.15) is 4.31 Å².